The van der Waals surface area contributed by atoms with Crippen LogP contribution in [0.5, 0.6) is 11.5 Å². The Hall–Kier alpha value is -4.00. The summed E-state index contributed by atoms with van der Waals surface area (Å²) in [5.74, 6) is -0.211. The number of methoxy groups -OCH3 is 1. The minimum absolute atomic E-state index is 0.0349. The van der Waals surface area contributed by atoms with E-state index >= 15 is 0 Å². The fourth-order valence-electron chi connectivity index (χ4n) is 4.77. The largest absolute Gasteiger partial charge is 0.504 e. The molecule has 3 atom stereocenters. The molecule has 0 spiro atoms. The number of carbonyl (C=O) groups excluding carboxylic acids is 2. The molecule has 1 amide bonds. The third kappa shape index (κ3) is 5.71. The van der Waals surface area contributed by atoms with Crippen LogP contribution in [0.1, 0.15) is 55.2 Å². The molecule has 37 heavy (non-hydrogen) atoms. The highest BCUT2D eigenvalue weighted by Gasteiger charge is 2.49. The molecular formula is C30H33NO6. The molecule has 1 N–H and O–H groups in total. The Morgan fingerprint density at radius 2 is 1.59 bits per heavy atom. The molecule has 7 heteroatoms. The summed E-state index contributed by atoms with van der Waals surface area (Å²) in [5.41, 5.74) is 2.19. The van der Waals surface area contributed by atoms with E-state index in [4.69, 9.17) is 14.2 Å². The molecule has 3 aromatic rings. The number of benzene rings is 3. The van der Waals surface area contributed by atoms with E-state index in [0.717, 1.165) is 11.1 Å². The van der Waals surface area contributed by atoms with Gasteiger partial charge in [0.2, 0.25) is 0 Å². The van der Waals surface area contributed by atoms with Crippen molar-refractivity contribution < 1.29 is 28.9 Å². The van der Waals surface area contributed by atoms with Gasteiger partial charge in [0.1, 0.15) is 17.7 Å². The number of amides is 1. The molecule has 194 valence electrons. The van der Waals surface area contributed by atoms with Crippen molar-refractivity contribution in [2.75, 3.05) is 7.11 Å². The van der Waals surface area contributed by atoms with Crippen LogP contribution in [-0.2, 0) is 20.7 Å². The number of morpholine rings is 1. The summed E-state index contributed by atoms with van der Waals surface area (Å²) in [6.45, 7) is 7.18. The van der Waals surface area contributed by atoms with Gasteiger partial charge in [-0.15, -0.1) is 0 Å². The topological polar surface area (TPSA) is 85.3 Å². The normalized spacial score (nSPS) is 19.8. The average Bonchev–Trinajstić information content (AvgIpc) is 2.84. The molecule has 1 aliphatic heterocycles. The monoisotopic (exact) mass is 503 g/mol. The summed E-state index contributed by atoms with van der Waals surface area (Å²) in [6.07, 6.45) is -1.22. The summed E-state index contributed by atoms with van der Waals surface area (Å²) < 4.78 is 17.2. The van der Waals surface area contributed by atoms with Gasteiger partial charge in [-0.3, -0.25) is 4.90 Å². The molecule has 4 rings (SSSR count). The fraction of sp³-hybridized carbons (Fsp3) is 0.333. The van der Waals surface area contributed by atoms with E-state index in [2.05, 4.69) is 0 Å². The molecule has 0 bridgehead atoms. The van der Waals surface area contributed by atoms with Crippen LogP contribution in [0.15, 0.2) is 72.8 Å². The van der Waals surface area contributed by atoms with E-state index in [1.165, 1.54) is 12.0 Å². The first kappa shape index (κ1) is 26.1. The minimum Gasteiger partial charge on any atom is -0.504 e. The number of rotatable bonds is 5. The van der Waals surface area contributed by atoms with Gasteiger partial charge in [0, 0.05) is 6.42 Å². The van der Waals surface area contributed by atoms with Gasteiger partial charge in [0.05, 0.1) is 7.11 Å². The van der Waals surface area contributed by atoms with E-state index in [0.29, 0.717) is 16.9 Å². The molecule has 1 aliphatic rings. The molecule has 3 aromatic carbocycles. The van der Waals surface area contributed by atoms with Gasteiger partial charge in [-0.25, -0.2) is 9.59 Å². The lowest BCUT2D eigenvalue weighted by Crippen LogP contribution is -2.56. The highest BCUT2D eigenvalue weighted by atomic mass is 16.6. The van der Waals surface area contributed by atoms with Crippen LogP contribution in [0.4, 0.5) is 4.79 Å². The van der Waals surface area contributed by atoms with E-state index in [1.54, 1.807) is 26.8 Å². The zero-order chi connectivity index (χ0) is 26.7. The van der Waals surface area contributed by atoms with Crippen LogP contribution in [0.25, 0.3) is 0 Å². The quantitative estimate of drug-likeness (QED) is 0.437. The second-order valence-corrected chi connectivity index (χ2v) is 10.2. The summed E-state index contributed by atoms with van der Waals surface area (Å²) in [4.78, 5) is 28.9. The van der Waals surface area contributed by atoms with Gasteiger partial charge in [0.25, 0.3) is 0 Å². The number of carbonyl (C=O) groups is 2. The zero-order valence-corrected chi connectivity index (χ0v) is 21.8. The number of cyclic esters (lactones) is 1. The van der Waals surface area contributed by atoms with Crippen LogP contribution in [0.3, 0.4) is 0 Å². The van der Waals surface area contributed by atoms with Crippen molar-refractivity contribution in [3.8, 4) is 11.5 Å². The molecule has 0 saturated carbocycles. The van der Waals surface area contributed by atoms with Crippen LogP contribution < -0.4 is 4.74 Å². The maximum atomic E-state index is 13.8. The van der Waals surface area contributed by atoms with Gasteiger partial charge in [0.15, 0.2) is 17.6 Å². The molecule has 1 heterocycles. The third-order valence-corrected chi connectivity index (χ3v) is 6.26. The molecule has 1 saturated heterocycles. The van der Waals surface area contributed by atoms with Crippen molar-refractivity contribution in [2.24, 2.45) is 0 Å². The molecule has 0 aromatic heterocycles. The van der Waals surface area contributed by atoms with Crippen LogP contribution in [0.2, 0.25) is 0 Å². The molecular weight excluding hydrogens is 470 g/mol. The minimum atomic E-state index is -0.979. The van der Waals surface area contributed by atoms with Crippen LogP contribution in [-0.4, -0.2) is 40.8 Å². The van der Waals surface area contributed by atoms with Crippen LogP contribution in [0, 0.1) is 6.92 Å². The van der Waals surface area contributed by atoms with Crippen molar-refractivity contribution in [1.29, 1.82) is 0 Å². The number of hydrogen-bond acceptors (Lipinski definition) is 6. The second-order valence-electron chi connectivity index (χ2n) is 10.2. The Morgan fingerprint density at radius 1 is 1.00 bits per heavy atom. The van der Waals surface area contributed by atoms with Gasteiger partial charge in [-0.2, -0.15) is 0 Å². The standard InChI is InChI=1S/C30H33NO6/c1-19-16-20(18-24(32)26(19)35-5)17-23-28(33)36-27(22-14-10-7-11-15-22)25(21-12-8-6-9-13-21)31(23)29(34)37-30(2,3)4/h6-16,18,23,25,27,32H,17H2,1-5H3/t23-,25-,27+/m0/s1. The SMILES string of the molecule is COc1c(C)cc(C[C@H]2C(=O)O[C@H](c3ccccc3)[C@H](c3ccccc3)N2C(=O)OC(C)(C)C)cc1O. The number of aryl methyl sites for hydroxylation is 1. The second kappa shape index (κ2) is 10.5. The highest BCUT2D eigenvalue weighted by molar-refractivity contribution is 5.84. The Morgan fingerprint density at radius 3 is 2.14 bits per heavy atom. The first-order valence-electron chi connectivity index (χ1n) is 12.3. The Labute approximate surface area is 217 Å². The lowest BCUT2D eigenvalue weighted by atomic mass is 9.89. The number of phenolic OH excluding ortho intramolecular Hbond substituents is 1. The Kier molecular flexibility index (Phi) is 7.43. The van der Waals surface area contributed by atoms with Crippen molar-refractivity contribution >= 4 is 12.1 Å². The molecule has 0 radical (unpaired) electrons. The van der Waals surface area contributed by atoms with E-state index in [1.807, 2.05) is 73.7 Å². The maximum absolute atomic E-state index is 13.8. The maximum Gasteiger partial charge on any atom is 0.411 e. The predicted molar refractivity (Wildman–Crippen MR) is 139 cm³/mol. The molecule has 0 unspecified atom stereocenters. The number of phenols is 1. The first-order chi connectivity index (χ1) is 17.6. The Bertz CT molecular complexity index is 1230. The number of nitrogens with zero attached hydrogens (tertiary/aromatic N) is 1. The first-order valence-corrected chi connectivity index (χ1v) is 12.3. The van der Waals surface area contributed by atoms with Crippen LogP contribution >= 0.6 is 0 Å². The lowest BCUT2D eigenvalue weighted by molar-refractivity contribution is -0.174. The number of esters is 1. The summed E-state index contributed by atoms with van der Waals surface area (Å²) in [6, 6.07) is 20.7. The fourth-order valence-corrected chi connectivity index (χ4v) is 4.77. The average molecular weight is 504 g/mol. The summed E-state index contributed by atoms with van der Waals surface area (Å²) >= 11 is 0. The van der Waals surface area contributed by atoms with Crippen molar-refractivity contribution in [3.63, 3.8) is 0 Å². The van der Waals surface area contributed by atoms with E-state index in [-0.39, 0.29) is 12.2 Å². The van der Waals surface area contributed by atoms with Gasteiger partial charge in [-0.1, -0.05) is 66.7 Å². The summed E-state index contributed by atoms with van der Waals surface area (Å²) in [5, 5.41) is 10.5. The predicted octanol–water partition coefficient (Wildman–Crippen LogP) is 5.90. The number of ether oxygens (including phenoxy) is 3. The smallest absolute Gasteiger partial charge is 0.411 e. The van der Waals surface area contributed by atoms with Gasteiger partial charge < -0.3 is 19.3 Å². The number of hydrogen-bond donors (Lipinski definition) is 1. The van der Waals surface area contributed by atoms with Gasteiger partial charge >= 0.3 is 12.1 Å². The lowest BCUT2D eigenvalue weighted by Gasteiger charge is -2.45. The Balaban J connectivity index is 1.84. The van der Waals surface area contributed by atoms with Crippen molar-refractivity contribution in [1.82, 2.24) is 4.90 Å². The van der Waals surface area contributed by atoms with Crippen molar-refractivity contribution in [3.05, 3.63) is 95.1 Å². The van der Waals surface area contributed by atoms with E-state index in [9.17, 15) is 14.7 Å². The van der Waals surface area contributed by atoms with Gasteiger partial charge in [-0.05, 0) is 56.0 Å². The van der Waals surface area contributed by atoms with Crippen molar-refractivity contribution in [2.45, 2.75) is 57.9 Å². The molecule has 1 fully saturated rings. The van der Waals surface area contributed by atoms with E-state index < -0.39 is 35.9 Å². The zero-order valence-electron chi connectivity index (χ0n) is 21.8. The summed E-state index contributed by atoms with van der Waals surface area (Å²) in [7, 11) is 1.48. The number of aromatic hydroxyl groups is 1. The third-order valence-electron chi connectivity index (χ3n) is 6.26. The highest BCUT2D eigenvalue weighted by Crippen LogP contribution is 2.44. The molecule has 0 aliphatic carbocycles. The molecule has 7 nitrogen and oxygen atoms in total.